The smallest absolute Gasteiger partial charge is 0.305 e. The first kappa shape index (κ1) is 58.7. The van der Waals surface area contributed by atoms with Crippen LogP contribution in [-0.2, 0) is 58.9 Å². The maximum atomic E-state index is 14.6. The number of fused-ring (bicyclic) bond motifs is 1. The number of carbonyl (C=O) groups excluding carboxylic acids is 5. The van der Waals surface area contributed by atoms with Crippen molar-refractivity contribution in [2.75, 3.05) is 81.0 Å². The first-order valence-corrected chi connectivity index (χ1v) is 24.5. The number of aromatic amines is 1. The average Bonchev–Trinajstić information content (AvgIpc) is 3.96. The zero-order valence-electron chi connectivity index (χ0n) is 43.0. The van der Waals surface area contributed by atoms with Gasteiger partial charge in [0.15, 0.2) is 0 Å². The predicted octanol–water partition coefficient (Wildman–Crippen LogP) is 3.22. The molecule has 69 heavy (non-hydrogen) atoms. The third kappa shape index (κ3) is 17.3. The molecule has 19 heteroatoms. The molecule has 3 rings (SSSR count). The normalized spacial score (nSPS) is 17.6. The molecule has 1 saturated heterocycles. The van der Waals surface area contributed by atoms with Crippen LogP contribution in [0, 0.1) is 23.7 Å². The van der Waals surface area contributed by atoms with Crippen LogP contribution in [0.5, 0.6) is 0 Å². The number of H-pyrrole nitrogens is 1. The highest BCUT2D eigenvalue weighted by atomic mass is 16.5. The number of aromatic nitrogens is 1. The molecule has 390 valence electrons. The van der Waals surface area contributed by atoms with Crippen LogP contribution in [0.15, 0.2) is 30.5 Å². The molecule has 1 aromatic carbocycles. The summed E-state index contributed by atoms with van der Waals surface area (Å²) in [7, 11) is 6.60. The second-order valence-corrected chi connectivity index (χ2v) is 19.0. The summed E-state index contributed by atoms with van der Waals surface area (Å²) in [4.78, 5) is 88.6. The number of nitrogens with one attached hydrogen (secondary N) is 3. The molecule has 1 aliphatic heterocycles. The van der Waals surface area contributed by atoms with Crippen LogP contribution >= 0.6 is 0 Å². The van der Waals surface area contributed by atoms with Crippen LogP contribution in [-0.4, -0.2) is 184 Å². The Hall–Kier alpha value is -4.66. The van der Waals surface area contributed by atoms with Gasteiger partial charge in [-0.25, -0.2) is 0 Å². The van der Waals surface area contributed by atoms with E-state index in [4.69, 9.17) is 34.5 Å². The van der Waals surface area contributed by atoms with Gasteiger partial charge in [0.2, 0.25) is 29.5 Å². The topological polar surface area (TPSA) is 244 Å². The Labute approximate surface area is 409 Å². The van der Waals surface area contributed by atoms with Crippen molar-refractivity contribution in [3.8, 4) is 0 Å². The van der Waals surface area contributed by atoms with Gasteiger partial charge in [0.25, 0.3) is 0 Å². The summed E-state index contributed by atoms with van der Waals surface area (Å²) in [6.45, 7) is 16.1. The molecule has 19 nitrogen and oxygen atoms in total. The van der Waals surface area contributed by atoms with E-state index >= 15 is 0 Å². The van der Waals surface area contributed by atoms with Gasteiger partial charge >= 0.3 is 5.97 Å². The molecule has 1 aliphatic rings. The SMILES string of the molecule is CC[C@H](C)[C@@H]([C@@H](CC(=O)N1CCC[C@H]1[C@H](OC)[C@@H](C)C(=O)N[C@@H](Cc1c[nH]c2ccccc12)C(N)=O)OC)N(C)C(=O)[C@@H](NC(=O)[C@H](C(C)C)N(C)CCOCCOCCOCCC(=O)O)C(C)C. The first-order valence-electron chi connectivity index (χ1n) is 24.5. The fourth-order valence-corrected chi connectivity index (χ4v) is 9.38. The summed E-state index contributed by atoms with van der Waals surface area (Å²) >= 11 is 0. The number of rotatable bonds is 33. The number of aliphatic carboxylic acids is 1. The van der Waals surface area contributed by atoms with Gasteiger partial charge in [-0.05, 0) is 49.3 Å². The molecule has 9 atom stereocenters. The van der Waals surface area contributed by atoms with E-state index in [-0.39, 0.29) is 61.3 Å². The maximum Gasteiger partial charge on any atom is 0.305 e. The molecule has 5 amide bonds. The monoisotopic (exact) mass is 974 g/mol. The number of carboxylic acids is 1. The number of likely N-dealkylation sites (N-methyl/N-ethyl adjacent to an activating group) is 2. The number of carbonyl (C=O) groups is 6. The maximum absolute atomic E-state index is 14.6. The zero-order valence-corrected chi connectivity index (χ0v) is 43.0. The Morgan fingerprint density at radius 1 is 0.870 bits per heavy atom. The summed E-state index contributed by atoms with van der Waals surface area (Å²) in [5, 5.41) is 15.5. The van der Waals surface area contributed by atoms with Gasteiger partial charge in [0.05, 0.1) is 88.7 Å². The van der Waals surface area contributed by atoms with Crippen LogP contribution < -0.4 is 16.4 Å². The van der Waals surface area contributed by atoms with E-state index in [1.165, 1.54) is 14.2 Å². The van der Waals surface area contributed by atoms with E-state index in [1.54, 1.807) is 23.8 Å². The standard InChI is InChI=1S/C50H83N7O12/c1-12-33(6)45(56(9)50(64)43(31(2)3)54-49(63)44(32(4)5)55(8)21-23-68-25-27-69-26-24-67-22-19-42(59)60)40(65-10)29-41(58)57-20-15-18-39(57)46(66-11)34(7)48(62)53-38(47(51)61)28-35-30-52-37-17-14-13-16-36(35)37/h13-14,16-17,30-34,38-40,43-46,52H,12,15,18-29H2,1-11H3,(H2,51,61)(H,53,62)(H,54,63)(H,59,60)/t33-,34+,38-,39-,40+,43-,44-,45-,46+/m0/s1. The second-order valence-electron chi connectivity index (χ2n) is 19.0. The van der Waals surface area contributed by atoms with Gasteiger partial charge in [-0.15, -0.1) is 0 Å². The molecule has 0 spiro atoms. The Morgan fingerprint density at radius 3 is 2.09 bits per heavy atom. The molecule has 6 N–H and O–H groups in total. The van der Waals surface area contributed by atoms with E-state index < -0.39 is 66.1 Å². The third-order valence-electron chi connectivity index (χ3n) is 13.4. The van der Waals surface area contributed by atoms with Gasteiger partial charge < -0.3 is 59.9 Å². The summed E-state index contributed by atoms with van der Waals surface area (Å²) in [5.74, 6) is -3.98. The number of ether oxygens (including phenoxy) is 5. The molecule has 0 unspecified atom stereocenters. The highest BCUT2D eigenvalue weighted by Gasteiger charge is 2.43. The second kappa shape index (κ2) is 29.5. The van der Waals surface area contributed by atoms with Gasteiger partial charge in [-0.2, -0.15) is 0 Å². The first-order chi connectivity index (χ1) is 32.8. The highest BCUT2D eigenvalue weighted by molar-refractivity contribution is 5.91. The predicted molar refractivity (Wildman–Crippen MR) is 262 cm³/mol. The number of primary amides is 1. The number of benzene rings is 1. The van der Waals surface area contributed by atoms with E-state index in [1.807, 2.05) is 84.0 Å². The molecule has 0 aliphatic carbocycles. The van der Waals surface area contributed by atoms with Gasteiger partial charge in [-0.3, -0.25) is 33.7 Å². The van der Waals surface area contributed by atoms with Crippen molar-refractivity contribution < 1.29 is 57.6 Å². The molecule has 0 bridgehead atoms. The molecule has 1 fully saturated rings. The third-order valence-corrected chi connectivity index (χ3v) is 13.4. The minimum atomic E-state index is -0.972. The number of amides is 5. The fourth-order valence-electron chi connectivity index (χ4n) is 9.38. The summed E-state index contributed by atoms with van der Waals surface area (Å²) in [6.07, 6.45) is 2.49. The van der Waals surface area contributed by atoms with Crippen molar-refractivity contribution in [3.63, 3.8) is 0 Å². The number of hydrogen-bond donors (Lipinski definition) is 5. The minimum Gasteiger partial charge on any atom is -0.481 e. The summed E-state index contributed by atoms with van der Waals surface area (Å²) < 4.78 is 28.5. The largest absolute Gasteiger partial charge is 0.481 e. The molecular weight excluding hydrogens is 891 g/mol. The zero-order chi connectivity index (χ0) is 51.4. The van der Waals surface area contributed by atoms with Crippen LogP contribution in [0.1, 0.15) is 86.1 Å². The van der Waals surface area contributed by atoms with Crippen molar-refractivity contribution in [2.45, 2.75) is 129 Å². The van der Waals surface area contributed by atoms with Crippen molar-refractivity contribution in [1.82, 2.24) is 30.3 Å². The van der Waals surface area contributed by atoms with Crippen molar-refractivity contribution in [1.29, 1.82) is 0 Å². The Bertz CT molecular complexity index is 1930. The fraction of sp³-hybridized carbons (Fsp3) is 0.720. The van der Waals surface area contributed by atoms with Crippen molar-refractivity contribution in [3.05, 3.63) is 36.0 Å². The van der Waals surface area contributed by atoms with Crippen LogP contribution in [0.25, 0.3) is 10.9 Å². The lowest BCUT2D eigenvalue weighted by molar-refractivity contribution is -0.148. The van der Waals surface area contributed by atoms with Crippen molar-refractivity contribution >= 4 is 46.4 Å². The van der Waals surface area contributed by atoms with Gasteiger partial charge in [-0.1, -0.05) is 73.1 Å². The van der Waals surface area contributed by atoms with E-state index in [0.29, 0.717) is 65.4 Å². The van der Waals surface area contributed by atoms with Gasteiger partial charge in [0, 0.05) is 57.9 Å². The number of likely N-dealkylation sites (tertiary alicyclic amines) is 1. The summed E-state index contributed by atoms with van der Waals surface area (Å²) in [5.41, 5.74) is 7.55. The van der Waals surface area contributed by atoms with Crippen LogP contribution in [0.4, 0.5) is 0 Å². The van der Waals surface area contributed by atoms with Crippen molar-refractivity contribution in [2.24, 2.45) is 29.4 Å². The van der Waals surface area contributed by atoms with E-state index in [9.17, 15) is 28.8 Å². The molecule has 0 radical (unpaired) electrons. The Balaban J connectivity index is 1.66. The Kier molecular flexibility index (Phi) is 25.1. The highest BCUT2D eigenvalue weighted by Crippen LogP contribution is 2.30. The summed E-state index contributed by atoms with van der Waals surface area (Å²) in [6, 6.07) is 4.31. The van der Waals surface area contributed by atoms with Gasteiger partial charge in [0.1, 0.15) is 12.1 Å². The number of nitrogens with zero attached hydrogens (tertiary/aromatic N) is 3. The molecule has 0 saturated carbocycles. The lowest BCUT2D eigenvalue weighted by Crippen LogP contribution is -2.60. The number of carboxylic acid groups (broad SMARTS) is 1. The molecular formula is C50H83N7O12. The molecule has 2 heterocycles. The number of hydrogen-bond acceptors (Lipinski definition) is 12. The molecule has 2 aromatic rings. The number of nitrogens with two attached hydrogens (primary N) is 1. The lowest BCUT2D eigenvalue weighted by atomic mass is 9.89. The quantitative estimate of drug-likeness (QED) is 0.0647. The van der Waals surface area contributed by atoms with E-state index in [2.05, 4.69) is 15.6 Å². The molecule has 1 aromatic heterocycles. The average molecular weight is 974 g/mol. The Morgan fingerprint density at radius 2 is 1.51 bits per heavy atom. The van der Waals surface area contributed by atoms with Crippen LogP contribution in [0.3, 0.4) is 0 Å². The minimum absolute atomic E-state index is 0.0405. The number of para-hydroxylation sites is 1. The van der Waals surface area contributed by atoms with E-state index in [0.717, 1.165) is 16.5 Å². The number of methoxy groups -OCH3 is 2. The van der Waals surface area contributed by atoms with Crippen LogP contribution in [0.2, 0.25) is 0 Å². The lowest BCUT2D eigenvalue weighted by Gasteiger charge is -2.41.